The van der Waals surface area contributed by atoms with Crippen molar-refractivity contribution in [3.63, 3.8) is 0 Å². The van der Waals surface area contributed by atoms with E-state index < -0.39 is 4.92 Å². The molecular weight excluding hydrogens is 353 g/mol. The van der Waals surface area contributed by atoms with Crippen LogP contribution in [0.25, 0.3) is 0 Å². The van der Waals surface area contributed by atoms with Gasteiger partial charge in [-0.25, -0.2) is 0 Å². The molecule has 1 atom stereocenters. The van der Waals surface area contributed by atoms with Crippen molar-refractivity contribution < 1.29 is 4.92 Å². The SMILES string of the molecule is Cl.Cn1cnc([N+](=O)[O-])c1CN1CCNCC1c1ccccc1Cl. The molecule has 130 valence electrons. The smallest absolute Gasteiger partial charge is 0.358 e. The first-order chi connectivity index (χ1) is 11.1. The standard InChI is InChI=1S/C15H18ClN5O2.ClH/c1-19-10-18-15(21(22)23)14(19)9-20-7-6-17-8-13(20)11-4-2-3-5-12(11)16;/h2-5,10,13,17H,6-9H2,1H3;1H. The number of rotatable bonds is 4. The summed E-state index contributed by atoms with van der Waals surface area (Å²) in [5.74, 6) is -0.0797. The van der Waals surface area contributed by atoms with Gasteiger partial charge in [-0.3, -0.25) is 4.90 Å². The molecule has 1 fully saturated rings. The molecule has 0 spiro atoms. The van der Waals surface area contributed by atoms with Crippen molar-refractivity contribution in [1.82, 2.24) is 19.8 Å². The molecule has 1 saturated heterocycles. The first-order valence-corrected chi connectivity index (χ1v) is 7.79. The van der Waals surface area contributed by atoms with Crippen LogP contribution in [0.1, 0.15) is 17.3 Å². The minimum atomic E-state index is -0.429. The number of halogens is 2. The minimum Gasteiger partial charge on any atom is -0.358 e. The fraction of sp³-hybridized carbons (Fsp3) is 0.400. The van der Waals surface area contributed by atoms with Crippen LogP contribution >= 0.6 is 24.0 Å². The molecule has 7 nitrogen and oxygen atoms in total. The van der Waals surface area contributed by atoms with Crippen LogP contribution in [0, 0.1) is 10.1 Å². The summed E-state index contributed by atoms with van der Waals surface area (Å²) in [6, 6.07) is 7.81. The van der Waals surface area contributed by atoms with E-state index >= 15 is 0 Å². The number of nitrogens with one attached hydrogen (secondary N) is 1. The number of nitrogens with zero attached hydrogens (tertiary/aromatic N) is 4. The number of piperazine rings is 1. The Kier molecular flexibility index (Phi) is 6.17. The molecular formula is C15H19Cl2N5O2. The van der Waals surface area contributed by atoms with E-state index in [2.05, 4.69) is 15.2 Å². The van der Waals surface area contributed by atoms with Gasteiger partial charge < -0.3 is 20.0 Å². The van der Waals surface area contributed by atoms with Crippen LogP contribution in [0.2, 0.25) is 5.02 Å². The van der Waals surface area contributed by atoms with Crippen molar-refractivity contribution in [3.8, 4) is 0 Å². The Balaban J connectivity index is 0.00000208. The average Bonchev–Trinajstić information content (AvgIpc) is 2.90. The maximum Gasteiger partial charge on any atom is 0.386 e. The highest BCUT2D eigenvalue weighted by atomic mass is 35.5. The van der Waals surface area contributed by atoms with Crippen molar-refractivity contribution in [2.45, 2.75) is 12.6 Å². The van der Waals surface area contributed by atoms with Gasteiger partial charge in [-0.2, -0.15) is 0 Å². The van der Waals surface area contributed by atoms with Gasteiger partial charge in [-0.1, -0.05) is 29.8 Å². The van der Waals surface area contributed by atoms with Crippen LogP contribution in [0.5, 0.6) is 0 Å². The van der Waals surface area contributed by atoms with Gasteiger partial charge in [0.1, 0.15) is 5.69 Å². The summed E-state index contributed by atoms with van der Waals surface area (Å²) in [5, 5.41) is 15.2. The Morgan fingerprint density at radius 3 is 2.92 bits per heavy atom. The molecule has 0 bridgehead atoms. The van der Waals surface area contributed by atoms with Gasteiger partial charge in [-0.05, 0) is 21.5 Å². The summed E-state index contributed by atoms with van der Waals surface area (Å²) < 4.78 is 1.71. The number of imidazole rings is 1. The van der Waals surface area contributed by atoms with Gasteiger partial charge >= 0.3 is 5.82 Å². The molecule has 1 aliphatic rings. The highest BCUT2D eigenvalue weighted by molar-refractivity contribution is 6.31. The van der Waals surface area contributed by atoms with E-state index in [1.165, 1.54) is 6.33 Å². The molecule has 1 aromatic carbocycles. The van der Waals surface area contributed by atoms with Gasteiger partial charge in [0, 0.05) is 44.3 Å². The molecule has 2 aromatic rings. The maximum atomic E-state index is 11.2. The molecule has 1 unspecified atom stereocenters. The number of nitro groups is 1. The van der Waals surface area contributed by atoms with E-state index in [9.17, 15) is 10.1 Å². The predicted molar refractivity (Wildman–Crippen MR) is 94.6 cm³/mol. The van der Waals surface area contributed by atoms with E-state index in [-0.39, 0.29) is 24.3 Å². The van der Waals surface area contributed by atoms with E-state index in [0.29, 0.717) is 17.3 Å². The van der Waals surface area contributed by atoms with Gasteiger partial charge in [0.05, 0.1) is 0 Å². The fourth-order valence-corrected chi connectivity index (χ4v) is 3.22. The first kappa shape index (κ1) is 18.7. The van der Waals surface area contributed by atoms with E-state index in [1.807, 2.05) is 24.3 Å². The number of aromatic nitrogens is 2. The molecule has 1 N–H and O–H groups in total. The zero-order valence-electron chi connectivity index (χ0n) is 13.2. The lowest BCUT2D eigenvalue weighted by Gasteiger charge is -2.36. The molecule has 1 aliphatic heterocycles. The zero-order chi connectivity index (χ0) is 16.4. The molecule has 1 aromatic heterocycles. The Hall–Kier alpha value is -1.67. The van der Waals surface area contributed by atoms with E-state index in [4.69, 9.17) is 11.6 Å². The summed E-state index contributed by atoms with van der Waals surface area (Å²) in [6.45, 7) is 2.85. The highest BCUT2D eigenvalue weighted by Gasteiger charge is 2.29. The quantitative estimate of drug-likeness (QED) is 0.660. The minimum absolute atomic E-state index is 0. The summed E-state index contributed by atoms with van der Waals surface area (Å²) in [4.78, 5) is 16.8. The number of hydrogen-bond donors (Lipinski definition) is 1. The Morgan fingerprint density at radius 1 is 1.46 bits per heavy atom. The normalized spacial score (nSPS) is 18.2. The zero-order valence-corrected chi connectivity index (χ0v) is 14.8. The highest BCUT2D eigenvalue weighted by Crippen LogP contribution is 2.30. The summed E-state index contributed by atoms with van der Waals surface area (Å²) in [7, 11) is 1.78. The van der Waals surface area contributed by atoms with E-state index in [1.54, 1.807) is 11.6 Å². The van der Waals surface area contributed by atoms with Crippen LogP contribution < -0.4 is 5.32 Å². The number of benzene rings is 1. The second-order valence-electron chi connectivity index (χ2n) is 5.59. The summed E-state index contributed by atoms with van der Waals surface area (Å²) >= 11 is 6.34. The molecule has 9 heteroatoms. The van der Waals surface area contributed by atoms with Crippen molar-refractivity contribution in [3.05, 3.63) is 57.0 Å². The monoisotopic (exact) mass is 371 g/mol. The maximum absolute atomic E-state index is 11.2. The van der Waals surface area contributed by atoms with Crippen molar-refractivity contribution >= 4 is 29.8 Å². The van der Waals surface area contributed by atoms with Crippen molar-refractivity contribution in [2.24, 2.45) is 7.05 Å². The number of aryl methyl sites for hydroxylation is 1. The molecule has 2 heterocycles. The second kappa shape index (κ2) is 7.94. The molecule has 3 rings (SSSR count). The van der Waals surface area contributed by atoms with Crippen molar-refractivity contribution in [2.75, 3.05) is 19.6 Å². The molecule has 0 aliphatic carbocycles. The van der Waals surface area contributed by atoms with Gasteiger partial charge in [-0.15, -0.1) is 12.4 Å². The Labute approximate surface area is 151 Å². The molecule has 0 amide bonds. The first-order valence-electron chi connectivity index (χ1n) is 7.41. The average molecular weight is 372 g/mol. The Morgan fingerprint density at radius 2 is 2.21 bits per heavy atom. The lowest BCUT2D eigenvalue weighted by molar-refractivity contribution is -0.390. The van der Waals surface area contributed by atoms with Crippen LogP contribution in [0.3, 0.4) is 0 Å². The van der Waals surface area contributed by atoms with Crippen LogP contribution in [0.15, 0.2) is 30.6 Å². The molecule has 0 radical (unpaired) electrons. The fourth-order valence-electron chi connectivity index (χ4n) is 2.96. The predicted octanol–water partition coefficient (Wildman–Crippen LogP) is 2.55. The topological polar surface area (TPSA) is 76.2 Å². The largest absolute Gasteiger partial charge is 0.386 e. The van der Waals surface area contributed by atoms with Gasteiger partial charge in [0.2, 0.25) is 6.33 Å². The molecule has 24 heavy (non-hydrogen) atoms. The lowest BCUT2D eigenvalue weighted by atomic mass is 10.0. The molecule has 0 saturated carbocycles. The van der Waals surface area contributed by atoms with Gasteiger partial charge in [0.25, 0.3) is 0 Å². The van der Waals surface area contributed by atoms with E-state index in [0.717, 1.165) is 25.2 Å². The lowest BCUT2D eigenvalue weighted by Crippen LogP contribution is -2.45. The second-order valence-corrected chi connectivity index (χ2v) is 6.00. The third kappa shape index (κ3) is 3.70. The summed E-state index contributed by atoms with van der Waals surface area (Å²) in [6.07, 6.45) is 1.49. The van der Waals surface area contributed by atoms with Crippen LogP contribution in [-0.4, -0.2) is 39.0 Å². The van der Waals surface area contributed by atoms with Crippen molar-refractivity contribution in [1.29, 1.82) is 0 Å². The van der Waals surface area contributed by atoms with Crippen LogP contribution in [-0.2, 0) is 13.6 Å². The third-order valence-corrected chi connectivity index (χ3v) is 4.53. The summed E-state index contributed by atoms with van der Waals surface area (Å²) in [5.41, 5.74) is 1.64. The van der Waals surface area contributed by atoms with Gasteiger partial charge in [0.15, 0.2) is 0 Å². The number of hydrogen-bond acceptors (Lipinski definition) is 5. The third-order valence-electron chi connectivity index (χ3n) is 4.18. The van der Waals surface area contributed by atoms with Crippen LogP contribution in [0.4, 0.5) is 5.82 Å². The Bertz CT molecular complexity index is 722.